The van der Waals surface area contributed by atoms with E-state index in [1.54, 1.807) is 6.92 Å². The molecule has 0 aromatic rings. The number of aliphatic hydroxyl groups is 2. The highest BCUT2D eigenvalue weighted by atomic mass is 16.3. The molecule has 0 aliphatic heterocycles. The first-order chi connectivity index (χ1) is 5.60. The zero-order chi connectivity index (χ0) is 9.61. The van der Waals surface area contributed by atoms with Gasteiger partial charge < -0.3 is 10.2 Å². The quantitative estimate of drug-likeness (QED) is 0.427. The minimum atomic E-state index is -1.84. The smallest absolute Gasteiger partial charge is 0.177 e. The van der Waals surface area contributed by atoms with Crippen molar-refractivity contribution >= 4 is 12.1 Å². The molecule has 0 aromatic carbocycles. The fourth-order valence-electron chi connectivity index (χ4n) is 0.802. The Morgan fingerprint density at radius 1 is 1.58 bits per heavy atom. The molecule has 0 heterocycles. The Morgan fingerprint density at radius 2 is 2.17 bits per heavy atom. The molecule has 0 fully saturated rings. The molecule has 0 rings (SSSR count). The van der Waals surface area contributed by atoms with Gasteiger partial charge in [0.05, 0.1) is 0 Å². The molecule has 70 valence electrons. The average Bonchev–Trinajstić information content (AvgIpc) is 2.12. The number of rotatable bonds is 6. The summed E-state index contributed by atoms with van der Waals surface area (Å²) >= 11 is 0. The van der Waals surface area contributed by atoms with Gasteiger partial charge in [0.2, 0.25) is 0 Å². The van der Waals surface area contributed by atoms with E-state index in [-0.39, 0.29) is 32.2 Å². The van der Waals surface area contributed by atoms with Crippen LogP contribution in [0.25, 0.3) is 0 Å². The van der Waals surface area contributed by atoms with E-state index in [4.69, 9.17) is 5.11 Å². The molecule has 1 atom stereocenters. The first-order valence-electron chi connectivity index (χ1n) is 3.93. The Bertz CT molecular complexity index is 166. The largest absolute Gasteiger partial charge is 0.396 e. The highest BCUT2D eigenvalue weighted by Crippen LogP contribution is 2.11. The monoisotopic (exact) mass is 174 g/mol. The lowest BCUT2D eigenvalue weighted by atomic mass is 9.94. The van der Waals surface area contributed by atoms with Gasteiger partial charge in [0.15, 0.2) is 17.7 Å². The van der Waals surface area contributed by atoms with Crippen LogP contribution in [0, 0.1) is 0 Å². The average molecular weight is 174 g/mol. The number of ketones is 1. The van der Waals surface area contributed by atoms with Gasteiger partial charge in [-0.05, 0) is 12.8 Å². The second-order valence-electron chi connectivity index (χ2n) is 2.65. The Labute approximate surface area is 71.2 Å². The van der Waals surface area contributed by atoms with Crippen molar-refractivity contribution in [3.63, 3.8) is 0 Å². The van der Waals surface area contributed by atoms with Crippen LogP contribution in [0.1, 0.15) is 26.2 Å². The van der Waals surface area contributed by atoms with Crippen molar-refractivity contribution < 1.29 is 19.8 Å². The molecule has 0 bridgehead atoms. The molecule has 0 aliphatic rings. The molecule has 0 saturated carbocycles. The third-order valence-corrected chi connectivity index (χ3v) is 1.78. The van der Waals surface area contributed by atoms with E-state index in [9.17, 15) is 14.7 Å². The lowest BCUT2D eigenvalue weighted by molar-refractivity contribution is -0.144. The van der Waals surface area contributed by atoms with Crippen LogP contribution in [0.2, 0.25) is 0 Å². The number of hydrogen-bond donors (Lipinski definition) is 2. The summed E-state index contributed by atoms with van der Waals surface area (Å²) in [6.07, 6.45) is 0.669. The third kappa shape index (κ3) is 2.71. The summed E-state index contributed by atoms with van der Waals surface area (Å²) in [4.78, 5) is 21.4. The van der Waals surface area contributed by atoms with Crippen molar-refractivity contribution in [1.29, 1.82) is 0 Å². The van der Waals surface area contributed by atoms with Gasteiger partial charge in [-0.15, -0.1) is 0 Å². The lowest BCUT2D eigenvalue weighted by Crippen LogP contribution is -2.39. The van der Waals surface area contributed by atoms with Crippen LogP contribution in [0.15, 0.2) is 0 Å². The summed E-state index contributed by atoms with van der Waals surface area (Å²) in [7, 11) is 0. The number of Topliss-reactive ketones (excluding diaryl/α,β-unsaturated/α-hetero) is 1. The molecule has 12 heavy (non-hydrogen) atoms. The highest BCUT2D eigenvalue weighted by molar-refractivity contribution is 6.01. The Morgan fingerprint density at radius 3 is 2.50 bits per heavy atom. The number of carbonyl (C=O) groups is 2. The summed E-state index contributed by atoms with van der Waals surface area (Å²) in [6, 6.07) is 0. The fraction of sp³-hybridized carbons (Fsp3) is 0.750. The van der Waals surface area contributed by atoms with Crippen molar-refractivity contribution in [3.05, 3.63) is 0 Å². The number of hydrogen-bond acceptors (Lipinski definition) is 4. The molecule has 4 heteroatoms. The molecular formula is C8H14O4. The summed E-state index contributed by atoms with van der Waals surface area (Å²) in [6.45, 7) is 1.45. The van der Waals surface area contributed by atoms with Gasteiger partial charge in [-0.1, -0.05) is 6.92 Å². The second-order valence-corrected chi connectivity index (χ2v) is 2.65. The Balaban J connectivity index is 4.12. The van der Waals surface area contributed by atoms with Gasteiger partial charge in [-0.25, -0.2) is 0 Å². The SMILES string of the molecule is CCC(O)(C=O)C(=O)CCCO. The molecule has 0 amide bonds. The fourth-order valence-corrected chi connectivity index (χ4v) is 0.802. The molecule has 0 aromatic heterocycles. The van der Waals surface area contributed by atoms with Crippen molar-refractivity contribution in [2.45, 2.75) is 31.8 Å². The van der Waals surface area contributed by atoms with Crippen molar-refractivity contribution in [1.82, 2.24) is 0 Å². The third-order valence-electron chi connectivity index (χ3n) is 1.78. The zero-order valence-electron chi connectivity index (χ0n) is 7.12. The van der Waals surface area contributed by atoms with E-state index in [1.165, 1.54) is 0 Å². The number of carbonyl (C=O) groups excluding carboxylic acids is 2. The zero-order valence-corrected chi connectivity index (χ0v) is 7.12. The summed E-state index contributed by atoms with van der Waals surface area (Å²) < 4.78 is 0. The minimum Gasteiger partial charge on any atom is -0.396 e. The Kier molecular flexibility index (Phi) is 4.70. The van der Waals surface area contributed by atoms with Gasteiger partial charge in [0.1, 0.15) is 0 Å². The van der Waals surface area contributed by atoms with Gasteiger partial charge >= 0.3 is 0 Å². The van der Waals surface area contributed by atoms with Crippen LogP contribution >= 0.6 is 0 Å². The van der Waals surface area contributed by atoms with Crippen LogP contribution in [-0.4, -0.2) is 34.5 Å². The van der Waals surface area contributed by atoms with Crippen molar-refractivity contribution in [3.8, 4) is 0 Å². The van der Waals surface area contributed by atoms with Crippen LogP contribution in [0.3, 0.4) is 0 Å². The maximum atomic E-state index is 11.1. The van der Waals surface area contributed by atoms with E-state index in [1.807, 2.05) is 0 Å². The molecule has 4 nitrogen and oxygen atoms in total. The first-order valence-corrected chi connectivity index (χ1v) is 3.93. The van der Waals surface area contributed by atoms with Crippen molar-refractivity contribution in [2.24, 2.45) is 0 Å². The lowest BCUT2D eigenvalue weighted by Gasteiger charge is -2.17. The van der Waals surface area contributed by atoms with Gasteiger partial charge in [-0.2, -0.15) is 0 Å². The minimum absolute atomic E-state index is 0.0413. The topological polar surface area (TPSA) is 74.6 Å². The van der Waals surface area contributed by atoms with Gasteiger partial charge in [0.25, 0.3) is 0 Å². The maximum absolute atomic E-state index is 11.1. The summed E-state index contributed by atoms with van der Waals surface area (Å²) in [5.41, 5.74) is -1.84. The highest BCUT2D eigenvalue weighted by Gasteiger charge is 2.32. The van der Waals surface area contributed by atoms with Crippen molar-refractivity contribution in [2.75, 3.05) is 6.61 Å². The molecule has 0 spiro atoms. The van der Waals surface area contributed by atoms with Gasteiger partial charge in [-0.3, -0.25) is 9.59 Å². The van der Waals surface area contributed by atoms with E-state index in [2.05, 4.69) is 0 Å². The van der Waals surface area contributed by atoms with Crippen LogP contribution in [0.4, 0.5) is 0 Å². The normalized spacial score (nSPS) is 15.2. The predicted octanol–water partition coefficient (Wildman–Crippen LogP) is -0.332. The number of aldehydes is 1. The molecule has 0 saturated heterocycles. The summed E-state index contributed by atoms with van der Waals surface area (Å²) in [5.74, 6) is -0.519. The van der Waals surface area contributed by atoms with Crippen LogP contribution in [0.5, 0.6) is 0 Å². The molecule has 0 radical (unpaired) electrons. The van der Waals surface area contributed by atoms with E-state index >= 15 is 0 Å². The predicted molar refractivity (Wildman–Crippen MR) is 42.6 cm³/mol. The standard InChI is InChI=1S/C8H14O4/c1-2-8(12,6-10)7(11)4-3-5-9/h6,9,12H,2-5H2,1H3. The van der Waals surface area contributed by atoms with E-state index in [0.29, 0.717) is 0 Å². The van der Waals surface area contributed by atoms with Crippen LogP contribution < -0.4 is 0 Å². The molecular weight excluding hydrogens is 160 g/mol. The molecule has 2 N–H and O–H groups in total. The van der Waals surface area contributed by atoms with Gasteiger partial charge in [0, 0.05) is 13.0 Å². The van der Waals surface area contributed by atoms with E-state index < -0.39 is 11.4 Å². The Hall–Kier alpha value is -0.740. The van der Waals surface area contributed by atoms with E-state index in [0.717, 1.165) is 0 Å². The number of aliphatic hydroxyl groups excluding tert-OH is 1. The van der Waals surface area contributed by atoms with Crippen LogP contribution in [-0.2, 0) is 9.59 Å². The molecule has 0 aliphatic carbocycles. The maximum Gasteiger partial charge on any atom is 0.177 e. The summed E-state index contributed by atoms with van der Waals surface area (Å²) in [5, 5.41) is 17.7. The second kappa shape index (κ2) is 5.00. The molecule has 1 unspecified atom stereocenters. The first kappa shape index (κ1) is 11.3.